The summed E-state index contributed by atoms with van der Waals surface area (Å²) in [6, 6.07) is 19.8. The summed E-state index contributed by atoms with van der Waals surface area (Å²) >= 11 is 6.14. The minimum Gasteiger partial charge on any atom is -0.370 e. The Bertz CT molecular complexity index is 762. The smallest absolute Gasteiger partial charge is 0.135 e. The molecule has 116 valence electrons. The second-order valence-electron chi connectivity index (χ2n) is 5.06. The van der Waals surface area contributed by atoms with E-state index in [0.717, 1.165) is 24.5 Å². The molecule has 0 saturated carbocycles. The van der Waals surface area contributed by atoms with Crippen LogP contribution in [0.2, 0.25) is 5.02 Å². The molecule has 0 aliphatic rings. The van der Waals surface area contributed by atoms with E-state index in [1.807, 2.05) is 48.5 Å². The number of nitrogens with zero attached hydrogens (tertiary/aromatic N) is 2. The molecule has 5 heteroatoms. The summed E-state index contributed by atoms with van der Waals surface area (Å²) < 4.78 is 0. The molecule has 0 unspecified atom stereocenters. The number of para-hydroxylation sites is 1. The zero-order chi connectivity index (χ0) is 15.9. The number of hydrogen-bond acceptors (Lipinski definition) is 4. The number of halogens is 1. The summed E-state index contributed by atoms with van der Waals surface area (Å²) in [5.41, 5.74) is 2.12. The Balaban J connectivity index is 1.60. The normalized spacial score (nSPS) is 10.3. The third-order valence-electron chi connectivity index (χ3n) is 3.37. The zero-order valence-electron chi connectivity index (χ0n) is 12.5. The Labute approximate surface area is 140 Å². The number of anilines is 3. The van der Waals surface area contributed by atoms with Crippen molar-refractivity contribution in [2.75, 3.05) is 17.2 Å². The number of benzene rings is 2. The van der Waals surface area contributed by atoms with E-state index < -0.39 is 0 Å². The predicted octanol–water partition coefficient (Wildman–Crippen LogP) is 4.53. The van der Waals surface area contributed by atoms with Crippen LogP contribution in [0.4, 0.5) is 17.3 Å². The first-order chi connectivity index (χ1) is 11.3. The van der Waals surface area contributed by atoms with Gasteiger partial charge in [0.25, 0.3) is 0 Å². The van der Waals surface area contributed by atoms with Gasteiger partial charge in [0.1, 0.15) is 18.0 Å². The third-order valence-corrected chi connectivity index (χ3v) is 3.70. The molecule has 3 aromatic rings. The highest BCUT2D eigenvalue weighted by atomic mass is 35.5. The van der Waals surface area contributed by atoms with Crippen molar-refractivity contribution in [3.8, 4) is 0 Å². The molecule has 2 N–H and O–H groups in total. The van der Waals surface area contributed by atoms with Gasteiger partial charge < -0.3 is 10.6 Å². The van der Waals surface area contributed by atoms with Crippen LogP contribution in [0.15, 0.2) is 67.0 Å². The fraction of sp³-hybridized carbons (Fsp3) is 0.111. The Kier molecular flexibility index (Phi) is 5.06. The Hall–Kier alpha value is -2.59. The van der Waals surface area contributed by atoms with Crippen molar-refractivity contribution in [2.24, 2.45) is 0 Å². The van der Waals surface area contributed by atoms with Gasteiger partial charge in [0.15, 0.2) is 0 Å². The molecule has 1 aromatic heterocycles. The van der Waals surface area contributed by atoms with Crippen LogP contribution in [0.3, 0.4) is 0 Å². The van der Waals surface area contributed by atoms with Gasteiger partial charge in [-0.05, 0) is 24.1 Å². The van der Waals surface area contributed by atoms with E-state index in [-0.39, 0.29) is 0 Å². The molecule has 0 fully saturated rings. The van der Waals surface area contributed by atoms with Crippen LogP contribution in [-0.4, -0.2) is 16.5 Å². The Morgan fingerprint density at radius 3 is 2.43 bits per heavy atom. The maximum absolute atomic E-state index is 6.14. The molecule has 0 aliphatic carbocycles. The standard InChI is InChI=1S/C18H17ClN4/c19-15-8-4-5-9-16(15)23-18-12-17(21-13-22-18)20-11-10-14-6-2-1-3-7-14/h1-9,12-13H,10-11H2,(H2,20,21,22,23). The van der Waals surface area contributed by atoms with E-state index in [4.69, 9.17) is 11.6 Å². The molecule has 3 rings (SSSR count). The van der Waals surface area contributed by atoms with Gasteiger partial charge in [-0.1, -0.05) is 54.1 Å². The first-order valence-corrected chi connectivity index (χ1v) is 7.80. The molecule has 0 bridgehead atoms. The number of rotatable bonds is 6. The molecular weight excluding hydrogens is 308 g/mol. The van der Waals surface area contributed by atoms with E-state index in [1.165, 1.54) is 11.9 Å². The summed E-state index contributed by atoms with van der Waals surface area (Å²) in [6.45, 7) is 0.812. The van der Waals surface area contributed by atoms with Crippen molar-refractivity contribution in [3.05, 3.63) is 77.6 Å². The first-order valence-electron chi connectivity index (χ1n) is 7.43. The van der Waals surface area contributed by atoms with Gasteiger partial charge in [-0.15, -0.1) is 0 Å². The van der Waals surface area contributed by atoms with Crippen LogP contribution in [-0.2, 0) is 6.42 Å². The lowest BCUT2D eigenvalue weighted by atomic mass is 10.1. The number of nitrogens with one attached hydrogen (secondary N) is 2. The number of hydrogen-bond donors (Lipinski definition) is 2. The highest BCUT2D eigenvalue weighted by Gasteiger charge is 2.02. The molecule has 0 radical (unpaired) electrons. The van der Waals surface area contributed by atoms with Crippen molar-refractivity contribution in [1.82, 2.24) is 9.97 Å². The van der Waals surface area contributed by atoms with E-state index in [9.17, 15) is 0 Å². The molecule has 23 heavy (non-hydrogen) atoms. The van der Waals surface area contributed by atoms with Crippen LogP contribution < -0.4 is 10.6 Å². The van der Waals surface area contributed by atoms with Crippen molar-refractivity contribution in [2.45, 2.75) is 6.42 Å². The maximum Gasteiger partial charge on any atom is 0.135 e. The largest absolute Gasteiger partial charge is 0.370 e. The minimum atomic E-state index is 0.657. The van der Waals surface area contributed by atoms with Crippen LogP contribution in [0.25, 0.3) is 0 Å². The monoisotopic (exact) mass is 324 g/mol. The van der Waals surface area contributed by atoms with Gasteiger partial charge in [-0.2, -0.15) is 0 Å². The topological polar surface area (TPSA) is 49.8 Å². The minimum absolute atomic E-state index is 0.657. The summed E-state index contributed by atoms with van der Waals surface area (Å²) in [6.07, 6.45) is 2.47. The molecule has 0 aliphatic heterocycles. The summed E-state index contributed by atoms with van der Waals surface area (Å²) in [5, 5.41) is 7.16. The van der Waals surface area contributed by atoms with E-state index in [0.29, 0.717) is 10.8 Å². The van der Waals surface area contributed by atoms with Crippen molar-refractivity contribution < 1.29 is 0 Å². The van der Waals surface area contributed by atoms with Crippen LogP contribution in [0.1, 0.15) is 5.56 Å². The molecule has 4 nitrogen and oxygen atoms in total. The average Bonchev–Trinajstić information content (AvgIpc) is 2.58. The fourth-order valence-corrected chi connectivity index (χ4v) is 2.39. The highest BCUT2D eigenvalue weighted by Crippen LogP contribution is 2.24. The van der Waals surface area contributed by atoms with Crippen molar-refractivity contribution in [3.63, 3.8) is 0 Å². The lowest BCUT2D eigenvalue weighted by Crippen LogP contribution is -2.07. The van der Waals surface area contributed by atoms with Gasteiger partial charge in [0, 0.05) is 12.6 Å². The second-order valence-corrected chi connectivity index (χ2v) is 5.46. The first kappa shape index (κ1) is 15.3. The van der Waals surface area contributed by atoms with Crippen LogP contribution >= 0.6 is 11.6 Å². The molecule has 0 atom stereocenters. The van der Waals surface area contributed by atoms with Gasteiger partial charge >= 0.3 is 0 Å². The van der Waals surface area contributed by atoms with Crippen molar-refractivity contribution >= 4 is 28.9 Å². The van der Waals surface area contributed by atoms with Gasteiger partial charge in [0.05, 0.1) is 10.7 Å². The lowest BCUT2D eigenvalue weighted by Gasteiger charge is -2.09. The van der Waals surface area contributed by atoms with Gasteiger partial charge in [-0.25, -0.2) is 9.97 Å². The maximum atomic E-state index is 6.14. The molecular formula is C18H17ClN4. The molecule has 0 spiro atoms. The Morgan fingerprint density at radius 1 is 0.870 bits per heavy atom. The number of aromatic nitrogens is 2. The van der Waals surface area contributed by atoms with E-state index >= 15 is 0 Å². The fourth-order valence-electron chi connectivity index (χ4n) is 2.20. The molecule has 1 heterocycles. The van der Waals surface area contributed by atoms with Gasteiger partial charge in [-0.3, -0.25) is 0 Å². The molecule has 0 saturated heterocycles. The third kappa shape index (κ3) is 4.44. The molecule has 2 aromatic carbocycles. The van der Waals surface area contributed by atoms with E-state index in [2.05, 4.69) is 32.7 Å². The second kappa shape index (κ2) is 7.61. The van der Waals surface area contributed by atoms with Gasteiger partial charge in [0.2, 0.25) is 0 Å². The highest BCUT2D eigenvalue weighted by molar-refractivity contribution is 6.33. The predicted molar refractivity (Wildman–Crippen MR) is 95.4 cm³/mol. The Morgan fingerprint density at radius 2 is 1.61 bits per heavy atom. The summed E-state index contributed by atoms with van der Waals surface area (Å²) in [7, 11) is 0. The SMILES string of the molecule is Clc1ccccc1Nc1cc(NCCc2ccccc2)ncn1. The summed E-state index contributed by atoms with van der Waals surface area (Å²) in [5.74, 6) is 1.49. The average molecular weight is 325 g/mol. The molecule has 0 amide bonds. The van der Waals surface area contributed by atoms with Crippen LogP contribution in [0, 0.1) is 0 Å². The van der Waals surface area contributed by atoms with E-state index in [1.54, 1.807) is 0 Å². The van der Waals surface area contributed by atoms with Crippen molar-refractivity contribution in [1.29, 1.82) is 0 Å². The zero-order valence-corrected chi connectivity index (χ0v) is 13.3. The summed E-state index contributed by atoms with van der Waals surface area (Å²) in [4.78, 5) is 8.46. The quantitative estimate of drug-likeness (QED) is 0.699. The lowest BCUT2D eigenvalue weighted by molar-refractivity contribution is 1.000. The van der Waals surface area contributed by atoms with Crippen LogP contribution in [0.5, 0.6) is 0 Å².